The van der Waals surface area contributed by atoms with Crippen LogP contribution >= 0.6 is 0 Å². The van der Waals surface area contributed by atoms with Crippen LogP contribution in [0.5, 0.6) is 5.75 Å². The third-order valence-corrected chi connectivity index (χ3v) is 4.46. The third-order valence-electron chi connectivity index (χ3n) is 4.46. The molecule has 1 fully saturated rings. The SMILES string of the molecule is COc1ccc(C#N)cc1CNC1(CO)CCCC(C)C1. The number of benzene rings is 1. The molecule has 2 N–H and O–H groups in total. The maximum Gasteiger partial charge on any atom is 0.123 e. The van der Waals surface area contributed by atoms with Gasteiger partial charge in [-0.3, -0.25) is 0 Å². The first-order chi connectivity index (χ1) is 10.1. The molecule has 0 aromatic heterocycles. The number of aliphatic hydroxyl groups excluding tert-OH is 1. The van der Waals surface area contributed by atoms with Gasteiger partial charge in [0.1, 0.15) is 5.75 Å². The molecule has 0 amide bonds. The first-order valence-corrected chi connectivity index (χ1v) is 7.55. The number of aliphatic hydroxyl groups is 1. The molecule has 4 nitrogen and oxygen atoms in total. The van der Waals surface area contributed by atoms with Crippen LogP contribution < -0.4 is 10.1 Å². The summed E-state index contributed by atoms with van der Waals surface area (Å²) in [6.07, 6.45) is 4.36. The van der Waals surface area contributed by atoms with Crippen molar-refractivity contribution in [1.29, 1.82) is 5.26 Å². The zero-order chi connectivity index (χ0) is 15.3. The summed E-state index contributed by atoms with van der Waals surface area (Å²) in [5, 5.41) is 22.4. The van der Waals surface area contributed by atoms with Crippen LogP contribution in [0, 0.1) is 17.2 Å². The maximum atomic E-state index is 9.82. The second-order valence-electron chi connectivity index (χ2n) is 6.13. The van der Waals surface area contributed by atoms with Crippen LogP contribution in [0.4, 0.5) is 0 Å². The van der Waals surface area contributed by atoms with Crippen molar-refractivity contribution in [2.75, 3.05) is 13.7 Å². The first-order valence-electron chi connectivity index (χ1n) is 7.55. The van der Waals surface area contributed by atoms with Crippen LogP contribution in [-0.4, -0.2) is 24.4 Å². The molecule has 114 valence electrons. The van der Waals surface area contributed by atoms with E-state index in [2.05, 4.69) is 18.3 Å². The van der Waals surface area contributed by atoms with Gasteiger partial charge in [0.25, 0.3) is 0 Å². The van der Waals surface area contributed by atoms with Crippen molar-refractivity contribution in [3.63, 3.8) is 0 Å². The van der Waals surface area contributed by atoms with Crippen LogP contribution in [0.15, 0.2) is 18.2 Å². The molecule has 1 aromatic carbocycles. The van der Waals surface area contributed by atoms with Crippen LogP contribution in [0.3, 0.4) is 0 Å². The molecule has 0 bridgehead atoms. The largest absolute Gasteiger partial charge is 0.496 e. The second-order valence-corrected chi connectivity index (χ2v) is 6.13. The normalized spacial score (nSPS) is 25.3. The van der Waals surface area contributed by atoms with Gasteiger partial charge in [-0.1, -0.05) is 19.8 Å². The van der Waals surface area contributed by atoms with E-state index in [9.17, 15) is 5.11 Å². The Kier molecular flexibility index (Phi) is 5.22. The lowest BCUT2D eigenvalue weighted by Crippen LogP contribution is -2.51. The molecule has 1 saturated carbocycles. The minimum atomic E-state index is -0.203. The second kappa shape index (κ2) is 6.93. The average Bonchev–Trinajstić information content (AvgIpc) is 2.52. The standard InChI is InChI=1S/C17H24N2O2/c1-13-4-3-7-17(9-13,12-20)19-11-15-8-14(10-18)5-6-16(15)21-2/h5-6,8,13,19-20H,3-4,7,9,11-12H2,1-2H3. The molecule has 4 heteroatoms. The molecule has 0 aliphatic heterocycles. The lowest BCUT2D eigenvalue weighted by molar-refractivity contribution is 0.0980. The molecule has 1 aromatic rings. The van der Waals surface area contributed by atoms with Crippen LogP contribution in [0.25, 0.3) is 0 Å². The van der Waals surface area contributed by atoms with E-state index in [4.69, 9.17) is 10.00 Å². The summed E-state index contributed by atoms with van der Waals surface area (Å²) >= 11 is 0. The monoisotopic (exact) mass is 288 g/mol. The molecule has 0 saturated heterocycles. The molecule has 0 spiro atoms. The number of nitrogens with zero attached hydrogens (tertiary/aromatic N) is 1. The van der Waals surface area contributed by atoms with Gasteiger partial charge in [0.2, 0.25) is 0 Å². The highest BCUT2D eigenvalue weighted by atomic mass is 16.5. The van der Waals surface area contributed by atoms with Crippen molar-refractivity contribution >= 4 is 0 Å². The van der Waals surface area contributed by atoms with Crippen LogP contribution in [0.2, 0.25) is 0 Å². The highest BCUT2D eigenvalue weighted by Gasteiger charge is 2.33. The van der Waals surface area contributed by atoms with Gasteiger partial charge in [0, 0.05) is 17.6 Å². The summed E-state index contributed by atoms with van der Waals surface area (Å²) in [6, 6.07) is 7.59. The molecule has 1 aliphatic rings. The lowest BCUT2D eigenvalue weighted by atomic mass is 9.76. The Balaban J connectivity index is 2.12. The predicted octanol–water partition coefficient (Wildman–Crippen LogP) is 2.60. The fourth-order valence-corrected chi connectivity index (χ4v) is 3.29. The minimum Gasteiger partial charge on any atom is -0.496 e. The number of ether oxygens (including phenoxy) is 1. The van der Waals surface area contributed by atoms with Gasteiger partial charge in [-0.2, -0.15) is 5.26 Å². The zero-order valence-electron chi connectivity index (χ0n) is 12.9. The Labute approximate surface area is 126 Å². The summed E-state index contributed by atoms with van der Waals surface area (Å²) in [5.74, 6) is 1.41. The zero-order valence-corrected chi connectivity index (χ0v) is 12.9. The molecule has 1 aliphatic carbocycles. The smallest absolute Gasteiger partial charge is 0.123 e. The van der Waals surface area contributed by atoms with E-state index < -0.39 is 0 Å². The summed E-state index contributed by atoms with van der Waals surface area (Å²) in [6.45, 7) is 2.99. The summed E-state index contributed by atoms with van der Waals surface area (Å²) in [7, 11) is 1.63. The van der Waals surface area contributed by atoms with Crippen molar-refractivity contribution in [2.45, 2.75) is 44.7 Å². The summed E-state index contributed by atoms with van der Waals surface area (Å²) < 4.78 is 5.36. The highest BCUT2D eigenvalue weighted by molar-refractivity contribution is 5.42. The fourth-order valence-electron chi connectivity index (χ4n) is 3.29. The van der Waals surface area contributed by atoms with E-state index in [1.54, 1.807) is 13.2 Å². The first kappa shape index (κ1) is 15.8. The minimum absolute atomic E-state index is 0.150. The van der Waals surface area contributed by atoms with Crippen molar-refractivity contribution < 1.29 is 9.84 Å². The Hall–Kier alpha value is -1.57. The summed E-state index contributed by atoms with van der Waals surface area (Å²) in [4.78, 5) is 0. The summed E-state index contributed by atoms with van der Waals surface area (Å²) in [5.41, 5.74) is 1.39. The van der Waals surface area contributed by atoms with Gasteiger partial charge in [-0.05, 0) is 37.0 Å². The van der Waals surface area contributed by atoms with Crippen molar-refractivity contribution in [3.05, 3.63) is 29.3 Å². The molecular weight excluding hydrogens is 264 g/mol. The van der Waals surface area contributed by atoms with Gasteiger partial charge in [-0.25, -0.2) is 0 Å². The van der Waals surface area contributed by atoms with Crippen LogP contribution in [-0.2, 0) is 6.54 Å². The van der Waals surface area contributed by atoms with E-state index in [0.717, 1.165) is 30.6 Å². The average molecular weight is 288 g/mol. The Morgan fingerprint density at radius 1 is 1.52 bits per heavy atom. The van der Waals surface area contributed by atoms with Gasteiger partial charge >= 0.3 is 0 Å². The Morgan fingerprint density at radius 2 is 2.33 bits per heavy atom. The van der Waals surface area contributed by atoms with Gasteiger partial charge in [0.05, 0.1) is 25.3 Å². The molecule has 2 atom stereocenters. The van der Waals surface area contributed by atoms with Crippen molar-refractivity contribution in [2.24, 2.45) is 5.92 Å². The quantitative estimate of drug-likeness (QED) is 0.874. The number of nitrogens with one attached hydrogen (secondary N) is 1. The fraction of sp³-hybridized carbons (Fsp3) is 0.588. The molecule has 2 unspecified atom stereocenters. The molecule has 21 heavy (non-hydrogen) atoms. The van der Waals surface area contributed by atoms with Gasteiger partial charge in [-0.15, -0.1) is 0 Å². The van der Waals surface area contributed by atoms with E-state index in [1.807, 2.05) is 12.1 Å². The molecule has 2 rings (SSSR count). The number of hydrogen-bond donors (Lipinski definition) is 2. The number of hydrogen-bond acceptors (Lipinski definition) is 4. The topological polar surface area (TPSA) is 65.3 Å². The van der Waals surface area contributed by atoms with Gasteiger partial charge < -0.3 is 15.2 Å². The Morgan fingerprint density at radius 3 is 2.95 bits per heavy atom. The van der Waals surface area contributed by atoms with Crippen molar-refractivity contribution in [1.82, 2.24) is 5.32 Å². The van der Waals surface area contributed by atoms with E-state index >= 15 is 0 Å². The number of rotatable bonds is 5. The lowest BCUT2D eigenvalue weighted by Gasteiger charge is -2.39. The number of nitriles is 1. The molecular formula is C17H24N2O2. The van der Waals surface area contributed by atoms with Gasteiger partial charge in [0.15, 0.2) is 0 Å². The van der Waals surface area contributed by atoms with E-state index in [-0.39, 0.29) is 12.1 Å². The molecule has 0 radical (unpaired) electrons. The Bertz CT molecular complexity index is 524. The maximum absolute atomic E-state index is 9.82. The molecule has 0 heterocycles. The highest BCUT2D eigenvalue weighted by Crippen LogP contribution is 2.32. The third kappa shape index (κ3) is 3.75. The van der Waals surface area contributed by atoms with Crippen molar-refractivity contribution in [3.8, 4) is 11.8 Å². The van der Waals surface area contributed by atoms with E-state index in [1.165, 1.54) is 6.42 Å². The van der Waals surface area contributed by atoms with Crippen LogP contribution in [0.1, 0.15) is 43.7 Å². The number of methoxy groups -OCH3 is 1. The predicted molar refractivity (Wildman–Crippen MR) is 82.0 cm³/mol. The van der Waals surface area contributed by atoms with E-state index in [0.29, 0.717) is 18.0 Å².